The van der Waals surface area contributed by atoms with Crippen LogP contribution in [0.25, 0.3) is 0 Å². The molecule has 0 saturated heterocycles. The van der Waals surface area contributed by atoms with Crippen molar-refractivity contribution in [1.29, 1.82) is 0 Å². The number of aryl methyl sites for hydroxylation is 1. The van der Waals surface area contributed by atoms with Crippen LogP contribution in [0.4, 0.5) is 10.1 Å². The number of nitro groups is 1. The van der Waals surface area contributed by atoms with Crippen molar-refractivity contribution in [2.45, 2.75) is 12.3 Å². The molecule has 0 heterocycles. The van der Waals surface area contributed by atoms with Crippen LogP contribution in [0.1, 0.15) is 11.1 Å². The Kier molecular flexibility index (Phi) is 2.98. The minimum atomic E-state index is -0.511. The first-order valence-electron chi connectivity index (χ1n) is 3.55. The molecule has 1 aromatic rings. The summed E-state index contributed by atoms with van der Waals surface area (Å²) in [6.45, 7) is 1.50. The SMILES string of the molecule is Cc1cc([N+](=O)[O-])c(CBr)cc1F. The molecule has 0 aliphatic carbocycles. The summed E-state index contributed by atoms with van der Waals surface area (Å²) in [5, 5.41) is 10.8. The highest BCUT2D eigenvalue weighted by molar-refractivity contribution is 9.08. The number of hydrogen-bond donors (Lipinski definition) is 0. The van der Waals surface area contributed by atoms with Gasteiger partial charge in [-0.15, -0.1) is 0 Å². The molecular formula is C8H7BrFNO2. The van der Waals surface area contributed by atoms with Gasteiger partial charge < -0.3 is 0 Å². The van der Waals surface area contributed by atoms with E-state index in [-0.39, 0.29) is 16.6 Å². The second-order valence-corrected chi connectivity index (χ2v) is 3.18. The predicted molar refractivity (Wildman–Crippen MR) is 50.4 cm³/mol. The third kappa shape index (κ3) is 2.03. The van der Waals surface area contributed by atoms with Crippen LogP contribution in [0.15, 0.2) is 12.1 Å². The third-order valence-electron chi connectivity index (χ3n) is 1.70. The van der Waals surface area contributed by atoms with E-state index in [0.717, 1.165) is 0 Å². The van der Waals surface area contributed by atoms with Crippen molar-refractivity contribution in [3.8, 4) is 0 Å². The first-order valence-corrected chi connectivity index (χ1v) is 4.67. The maximum atomic E-state index is 13.0. The van der Waals surface area contributed by atoms with Crippen LogP contribution in [0, 0.1) is 22.9 Å². The van der Waals surface area contributed by atoms with Crippen LogP contribution < -0.4 is 0 Å². The van der Waals surface area contributed by atoms with Crippen molar-refractivity contribution in [1.82, 2.24) is 0 Å². The summed E-state index contributed by atoms with van der Waals surface area (Å²) in [6, 6.07) is 2.42. The van der Waals surface area contributed by atoms with Gasteiger partial charge in [-0.1, -0.05) is 15.9 Å². The molecular weight excluding hydrogens is 241 g/mol. The average Bonchev–Trinajstić information content (AvgIpc) is 2.08. The molecule has 1 rings (SSSR count). The Labute approximate surface area is 82.8 Å². The van der Waals surface area contributed by atoms with Gasteiger partial charge in [0.2, 0.25) is 0 Å². The molecule has 70 valence electrons. The molecule has 0 bridgehead atoms. The Hall–Kier alpha value is -0.970. The first kappa shape index (κ1) is 10.1. The molecule has 13 heavy (non-hydrogen) atoms. The molecule has 0 atom stereocenters. The first-order chi connectivity index (χ1) is 6.06. The highest BCUT2D eigenvalue weighted by Crippen LogP contribution is 2.24. The Morgan fingerprint density at radius 3 is 2.69 bits per heavy atom. The van der Waals surface area contributed by atoms with Gasteiger partial charge in [0.1, 0.15) is 5.82 Å². The van der Waals surface area contributed by atoms with E-state index in [1.807, 2.05) is 0 Å². The number of rotatable bonds is 2. The number of nitro benzene ring substituents is 1. The minimum Gasteiger partial charge on any atom is -0.258 e. The predicted octanol–water partition coefficient (Wildman–Crippen LogP) is 2.94. The van der Waals surface area contributed by atoms with Crippen LogP contribution in [-0.4, -0.2) is 4.92 Å². The molecule has 0 N–H and O–H groups in total. The molecule has 0 aromatic heterocycles. The van der Waals surface area contributed by atoms with E-state index in [4.69, 9.17) is 0 Å². The van der Waals surface area contributed by atoms with Crippen molar-refractivity contribution in [3.05, 3.63) is 39.2 Å². The zero-order valence-corrected chi connectivity index (χ0v) is 8.47. The molecule has 0 unspecified atom stereocenters. The molecule has 0 fully saturated rings. The lowest BCUT2D eigenvalue weighted by atomic mass is 10.1. The fraction of sp³-hybridized carbons (Fsp3) is 0.250. The molecule has 1 aromatic carbocycles. The second-order valence-electron chi connectivity index (χ2n) is 2.62. The lowest BCUT2D eigenvalue weighted by Gasteiger charge is -2.01. The van der Waals surface area contributed by atoms with Crippen molar-refractivity contribution in [3.63, 3.8) is 0 Å². The highest BCUT2D eigenvalue weighted by Gasteiger charge is 2.15. The summed E-state index contributed by atoms with van der Waals surface area (Å²) in [4.78, 5) is 10.00. The van der Waals surface area contributed by atoms with E-state index >= 15 is 0 Å². The maximum Gasteiger partial charge on any atom is 0.273 e. The average molecular weight is 248 g/mol. The molecule has 3 nitrogen and oxygen atoms in total. The smallest absolute Gasteiger partial charge is 0.258 e. The molecule has 0 saturated carbocycles. The summed E-state index contributed by atoms with van der Waals surface area (Å²) in [6.07, 6.45) is 0. The van der Waals surface area contributed by atoms with Crippen LogP contribution in [0.2, 0.25) is 0 Å². The number of benzene rings is 1. The summed E-state index contributed by atoms with van der Waals surface area (Å²) < 4.78 is 13.0. The fourth-order valence-electron chi connectivity index (χ4n) is 0.984. The summed E-state index contributed by atoms with van der Waals surface area (Å²) in [5.74, 6) is -0.417. The molecule has 0 amide bonds. The topological polar surface area (TPSA) is 43.1 Å². The van der Waals surface area contributed by atoms with E-state index in [2.05, 4.69) is 15.9 Å². The second kappa shape index (κ2) is 3.83. The van der Waals surface area contributed by atoms with Gasteiger partial charge in [-0.3, -0.25) is 10.1 Å². The zero-order valence-electron chi connectivity index (χ0n) is 6.88. The quantitative estimate of drug-likeness (QED) is 0.458. The van der Waals surface area contributed by atoms with Crippen LogP contribution in [-0.2, 0) is 5.33 Å². The lowest BCUT2D eigenvalue weighted by molar-refractivity contribution is -0.385. The standard InChI is InChI=1S/C8H7BrFNO2/c1-5-2-8(11(12)13)6(4-9)3-7(5)10/h2-3H,4H2,1H3. The van der Waals surface area contributed by atoms with Gasteiger partial charge in [0, 0.05) is 17.0 Å². The van der Waals surface area contributed by atoms with Gasteiger partial charge in [0.05, 0.1) is 4.92 Å². The Morgan fingerprint density at radius 2 is 2.23 bits per heavy atom. The van der Waals surface area contributed by atoms with Gasteiger partial charge in [-0.2, -0.15) is 0 Å². The van der Waals surface area contributed by atoms with Gasteiger partial charge >= 0.3 is 0 Å². The monoisotopic (exact) mass is 247 g/mol. The molecule has 0 radical (unpaired) electrons. The van der Waals surface area contributed by atoms with E-state index in [1.165, 1.54) is 19.1 Å². The Balaban J connectivity index is 3.33. The zero-order chi connectivity index (χ0) is 10.0. The summed E-state index contributed by atoms with van der Waals surface area (Å²) in [7, 11) is 0. The molecule has 0 aliphatic heterocycles. The lowest BCUT2D eigenvalue weighted by Crippen LogP contribution is -1.96. The van der Waals surface area contributed by atoms with Crippen molar-refractivity contribution < 1.29 is 9.31 Å². The Morgan fingerprint density at radius 1 is 1.62 bits per heavy atom. The Bertz CT molecular complexity index is 354. The molecule has 5 heteroatoms. The van der Waals surface area contributed by atoms with Gasteiger partial charge in [-0.05, 0) is 18.6 Å². The largest absolute Gasteiger partial charge is 0.273 e. The van der Waals surface area contributed by atoms with E-state index < -0.39 is 10.7 Å². The number of nitrogens with zero attached hydrogens (tertiary/aromatic N) is 1. The number of hydrogen-bond acceptors (Lipinski definition) is 2. The minimum absolute atomic E-state index is 0.0456. The van der Waals surface area contributed by atoms with Gasteiger partial charge in [0.25, 0.3) is 5.69 Å². The third-order valence-corrected chi connectivity index (χ3v) is 2.30. The summed E-state index contributed by atoms with van der Waals surface area (Å²) >= 11 is 3.06. The fourth-order valence-corrected chi connectivity index (χ4v) is 1.43. The van der Waals surface area contributed by atoms with Crippen molar-refractivity contribution in [2.24, 2.45) is 0 Å². The van der Waals surface area contributed by atoms with Crippen LogP contribution in [0.5, 0.6) is 0 Å². The normalized spacial score (nSPS) is 10.1. The van der Waals surface area contributed by atoms with Crippen molar-refractivity contribution >= 4 is 21.6 Å². The number of halogens is 2. The van der Waals surface area contributed by atoms with Crippen LogP contribution >= 0.6 is 15.9 Å². The van der Waals surface area contributed by atoms with Crippen LogP contribution in [0.3, 0.4) is 0 Å². The van der Waals surface area contributed by atoms with E-state index in [0.29, 0.717) is 5.56 Å². The molecule has 0 spiro atoms. The van der Waals surface area contributed by atoms with Crippen molar-refractivity contribution in [2.75, 3.05) is 0 Å². The maximum absolute atomic E-state index is 13.0. The van der Waals surface area contributed by atoms with E-state index in [1.54, 1.807) is 0 Å². The van der Waals surface area contributed by atoms with Gasteiger partial charge in [0.15, 0.2) is 0 Å². The molecule has 0 aliphatic rings. The summed E-state index contributed by atoms with van der Waals surface area (Å²) in [5.41, 5.74) is 0.597. The van der Waals surface area contributed by atoms with E-state index in [9.17, 15) is 14.5 Å². The number of alkyl halides is 1. The highest BCUT2D eigenvalue weighted by atomic mass is 79.9. The van der Waals surface area contributed by atoms with Gasteiger partial charge in [-0.25, -0.2) is 4.39 Å².